The summed E-state index contributed by atoms with van der Waals surface area (Å²) < 4.78 is 8.22. The van der Waals surface area contributed by atoms with E-state index in [2.05, 4.69) is 20.9 Å². The highest BCUT2D eigenvalue weighted by atomic mass is 79.9. The maximum Gasteiger partial charge on any atom is 0.466 e. The number of imide groups is 1. The molecule has 15 heteroatoms. The standard InChI is InChI=1S/C7H13BrN2O2.C5H5N3O2.H3O4P/c1-3-7(8,4-2)5(11)10-6(9)12;6-5-2-1-4(3-7-5)8(9)10;1-5(2,3)4/h3-4H2,1-2H3,(H3,9,10,11,12);1-3H,(H2,6,7);(H3,1,2,3,4). The molecule has 1 aromatic rings. The normalized spacial score (nSPS) is 10.4. The van der Waals surface area contributed by atoms with Crippen molar-refractivity contribution in [3.63, 3.8) is 0 Å². The van der Waals surface area contributed by atoms with E-state index >= 15 is 0 Å². The molecule has 0 aliphatic carbocycles. The Morgan fingerprint density at radius 1 is 1.33 bits per heavy atom. The summed E-state index contributed by atoms with van der Waals surface area (Å²) in [6.45, 7) is 3.72. The largest absolute Gasteiger partial charge is 0.466 e. The maximum absolute atomic E-state index is 11.3. The van der Waals surface area contributed by atoms with Gasteiger partial charge in [0.1, 0.15) is 16.3 Å². The Bertz CT molecular complexity index is 669. The SMILES string of the molecule is CCC(Br)(CC)C(=O)NC(N)=O.Nc1ccc([N+](=O)[O-])cn1.O=P(O)(O)O. The lowest BCUT2D eigenvalue weighted by molar-refractivity contribution is -0.385. The van der Waals surface area contributed by atoms with Gasteiger partial charge in [0.2, 0.25) is 5.91 Å². The third-order valence-electron chi connectivity index (χ3n) is 2.75. The summed E-state index contributed by atoms with van der Waals surface area (Å²) >= 11 is 3.26. The Balaban J connectivity index is 0. The molecule has 154 valence electrons. The van der Waals surface area contributed by atoms with Crippen LogP contribution in [0.3, 0.4) is 0 Å². The number of amides is 3. The summed E-state index contributed by atoms with van der Waals surface area (Å²) in [4.78, 5) is 56.3. The number of carbonyl (C=O) groups excluding carboxylic acids is 2. The number of nitro groups is 1. The topological polar surface area (TPSA) is 232 Å². The third kappa shape index (κ3) is 14.7. The molecule has 1 heterocycles. The molecular formula is C12H21BrN5O8P. The molecule has 0 saturated heterocycles. The lowest BCUT2D eigenvalue weighted by Crippen LogP contribution is -2.46. The maximum atomic E-state index is 11.3. The van der Waals surface area contributed by atoms with Crippen LogP contribution in [0.15, 0.2) is 18.3 Å². The number of halogens is 1. The van der Waals surface area contributed by atoms with Crippen molar-refractivity contribution >= 4 is 47.2 Å². The number of hydrogen-bond donors (Lipinski definition) is 6. The predicted molar refractivity (Wildman–Crippen MR) is 99.5 cm³/mol. The van der Waals surface area contributed by atoms with Gasteiger partial charge < -0.3 is 26.1 Å². The van der Waals surface area contributed by atoms with Crippen molar-refractivity contribution in [1.82, 2.24) is 10.3 Å². The second kappa shape index (κ2) is 12.3. The molecule has 0 aromatic carbocycles. The monoisotopic (exact) mass is 473 g/mol. The Morgan fingerprint density at radius 3 is 2.04 bits per heavy atom. The zero-order valence-electron chi connectivity index (χ0n) is 14.4. The fourth-order valence-corrected chi connectivity index (χ4v) is 1.40. The first-order valence-electron chi connectivity index (χ1n) is 7.10. The van der Waals surface area contributed by atoms with Gasteiger partial charge >= 0.3 is 13.9 Å². The first-order chi connectivity index (χ1) is 12.2. The van der Waals surface area contributed by atoms with Crippen LogP contribution in [0.25, 0.3) is 0 Å². The molecule has 27 heavy (non-hydrogen) atoms. The Kier molecular flexibility index (Phi) is 12.3. The second-order valence-corrected chi connectivity index (χ2v) is 7.25. The highest BCUT2D eigenvalue weighted by Gasteiger charge is 2.32. The van der Waals surface area contributed by atoms with E-state index < -0.39 is 23.1 Å². The van der Waals surface area contributed by atoms with Crippen molar-refractivity contribution < 1.29 is 33.8 Å². The van der Waals surface area contributed by atoms with Crippen LogP contribution >= 0.6 is 23.8 Å². The molecule has 13 nitrogen and oxygen atoms in total. The summed E-state index contributed by atoms with van der Waals surface area (Å²) in [6.07, 6.45) is 2.35. The number of aromatic nitrogens is 1. The zero-order valence-corrected chi connectivity index (χ0v) is 16.9. The lowest BCUT2D eigenvalue weighted by Gasteiger charge is -2.21. The van der Waals surface area contributed by atoms with E-state index in [0.29, 0.717) is 12.8 Å². The van der Waals surface area contributed by atoms with E-state index in [-0.39, 0.29) is 17.4 Å². The van der Waals surface area contributed by atoms with Crippen molar-refractivity contribution in [3.05, 3.63) is 28.4 Å². The zero-order chi connectivity index (χ0) is 21.8. The quantitative estimate of drug-likeness (QED) is 0.155. The molecule has 0 spiro atoms. The fourth-order valence-electron chi connectivity index (χ4n) is 1.30. The average Bonchev–Trinajstić information content (AvgIpc) is 2.53. The van der Waals surface area contributed by atoms with Crippen LogP contribution in [-0.4, -0.2) is 40.9 Å². The van der Waals surface area contributed by atoms with Gasteiger partial charge in [-0.15, -0.1) is 0 Å². The number of anilines is 1. The van der Waals surface area contributed by atoms with Crippen LogP contribution in [0.1, 0.15) is 26.7 Å². The van der Waals surface area contributed by atoms with E-state index in [4.69, 9.17) is 30.7 Å². The Labute approximate surface area is 162 Å². The van der Waals surface area contributed by atoms with Crippen molar-refractivity contribution in [1.29, 1.82) is 0 Å². The first kappa shape index (κ1) is 27.1. The number of pyridine rings is 1. The number of rotatable bonds is 4. The molecule has 1 rings (SSSR count). The lowest BCUT2D eigenvalue weighted by atomic mass is 10.0. The molecule has 0 aliphatic heterocycles. The minimum absolute atomic E-state index is 0.0470. The van der Waals surface area contributed by atoms with Crippen LogP contribution in [0, 0.1) is 10.1 Å². The molecule has 0 aliphatic rings. The van der Waals surface area contributed by atoms with Crippen LogP contribution in [-0.2, 0) is 9.36 Å². The molecule has 1 aromatic heterocycles. The number of nitrogens with one attached hydrogen (secondary N) is 1. The molecule has 3 amide bonds. The highest BCUT2D eigenvalue weighted by Crippen LogP contribution is 2.26. The molecule has 0 radical (unpaired) electrons. The molecule has 0 fully saturated rings. The summed E-state index contributed by atoms with van der Waals surface area (Å²) in [6, 6.07) is 1.88. The van der Waals surface area contributed by atoms with Gasteiger partial charge in [-0.25, -0.2) is 14.3 Å². The second-order valence-electron chi connectivity index (χ2n) is 4.70. The number of phosphoric acid groups is 1. The summed E-state index contributed by atoms with van der Waals surface area (Å²) in [7, 11) is -4.64. The predicted octanol–water partition coefficient (Wildman–Crippen LogP) is 0.778. The van der Waals surface area contributed by atoms with Crippen LogP contribution < -0.4 is 16.8 Å². The number of urea groups is 1. The average molecular weight is 474 g/mol. The van der Waals surface area contributed by atoms with Crippen LogP contribution in [0.2, 0.25) is 0 Å². The number of nitrogens with two attached hydrogens (primary N) is 2. The van der Waals surface area contributed by atoms with Crippen molar-refractivity contribution in [2.24, 2.45) is 5.73 Å². The van der Waals surface area contributed by atoms with Gasteiger partial charge in [-0.2, -0.15) is 0 Å². The number of nitrogens with zero attached hydrogens (tertiary/aromatic N) is 2. The van der Waals surface area contributed by atoms with Crippen molar-refractivity contribution in [3.8, 4) is 0 Å². The number of hydrogen-bond acceptors (Lipinski definition) is 7. The summed E-state index contributed by atoms with van der Waals surface area (Å²) in [5.74, 6) is -0.0920. The Morgan fingerprint density at radius 2 is 1.78 bits per heavy atom. The molecular weight excluding hydrogens is 453 g/mol. The van der Waals surface area contributed by atoms with Crippen molar-refractivity contribution in [2.45, 2.75) is 31.0 Å². The van der Waals surface area contributed by atoms with Gasteiger partial charge in [-0.1, -0.05) is 29.8 Å². The van der Waals surface area contributed by atoms with Crippen LogP contribution in [0.5, 0.6) is 0 Å². The fraction of sp³-hybridized carbons (Fsp3) is 0.417. The molecule has 0 saturated carbocycles. The van der Waals surface area contributed by atoms with E-state index in [9.17, 15) is 19.7 Å². The summed E-state index contributed by atoms with van der Waals surface area (Å²) in [5.41, 5.74) is 9.95. The van der Waals surface area contributed by atoms with Gasteiger partial charge in [-0.3, -0.25) is 20.2 Å². The number of carbonyl (C=O) groups is 2. The minimum Gasteiger partial charge on any atom is -0.384 e. The highest BCUT2D eigenvalue weighted by molar-refractivity contribution is 9.10. The van der Waals surface area contributed by atoms with E-state index in [1.165, 1.54) is 12.1 Å². The first-order valence-corrected chi connectivity index (χ1v) is 9.46. The van der Waals surface area contributed by atoms with Gasteiger partial charge in [0.25, 0.3) is 5.69 Å². The smallest absolute Gasteiger partial charge is 0.384 e. The van der Waals surface area contributed by atoms with E-state index in [1.807, 2.05) is 19.2 Å². The molecule has 0 unspecified atom stereocenters. The summed E-state index contributed by atoms with van der Waals surface area (Å²) in [5, 5.41) is 12.1. The number of primary amides is 1. The number of nitrogen functional groups attached to an aromatic ring is 1. The number of alkyl halides is 1. The van der Waals surface area contributed by atoms with Crippen LogP contribution in [0.4, 0.5) is 16.3 Å². The van der Waals surface area contributed by atoms with Gasteiger partial charge in [-0.05, 0) is 18.9 Å². The minimum atomic E-state index is -4.64. The molecule has 0 atom stereocenters. The van der Waals surface area contributed by atoms with E-state index in [0.717, 1.165) is 6.20 Å². The van der Waals surface area contributed by atoms with Gasteiger partial charge in [0.15, 0.2) is 0 Å². The Hall–Kier alpha value is -2.12. The van der Waals surface area contributed by atoms with E-state index in [1.54, 1.807) is 0 Å². The molecule has 8 N–H and O–H groups in total. The van der Waals surface area contributed by atoms with Gasteiger partial charge in [0, 0.05) is 6.07 Å². The van der Waals surface area contributed by atoms with Crippen molar-refractivity contribution in [2.75, 3.05) is 5.73 Å². The third-order valence-corrected chi connectivity index (χ3v) is 4.23. The van der Waals surface area contributed by atoms with Gasteiger partial charge in [0.05, 0.1) is 4.92 Å². The molecule has 0 bridgehead atoms.